The summed E-state index contributed by atoms with van der Waals surface area (Å²) in [5.74, 6) is 0. The summed E-state index contributed by atoms with van der Waals surface area (Å²) in [6.07, 6.45) is -4.33. The third-order valence-electron chi connectivity index (χ3n) is 3.75. The number of anilines is 1. The number of halogens is 4. The number of hydrogen-bond acceptors (Lipinski definition) is 1. The first-order valence-corrected chi connectivity index (χ1v) is 7.69. The van der Waals surface area contributed by atoms with E-state index in [2.05, 4.69) is 15.9 Å². The van der Waals surface area contributed by atoms with Crippen LogP contribution in [0.3, 0.4) is 0 Å². The first-order chi connectivity index (χ1) is 9.99. The fourth-order valence-electron chi connectivity index (χ4n) is 2.66. The fourth-order valence-corrected chi connectivity index (χ4v) is 3.15. The molecular weight excluding hydrogens is 343 g/mol. The van der Waals surface area contributed by atoms with Gasteiger partial charge in [0.2, 0.25) is 0 Å². The molecule has 0 aliphatic carbocycles. The molecule has 0 saturated heterocycles. The molecule has 3 rings (SSSR count). The second kappa shape index (κ2) is 5.37. The number of rotatable bonds is 2. The smallest absolute Gasteiger partial charge is 0.363 e. The van der Waals surface area contributed by atoms with Gasteiger partial charge in [-0.1, -0.05) is 46.3 Å². The van der Waals surface area contributed by atoms with Gasteiger partial charge in [-0.2, -0.15) is 13.2 Å². The van der Waals surface area contributed by atoms with Gasteiger partial charge in [0.25, 0.3) is 0 Å². The van der Waals surface area contributed by atoms with Crippen molar-refractivity contribution in [3.05, 3.63) is 64.7 Å². The SMILES string of the molecule is FC(F)(F)c1cc(N2Cc3ccccc3C2)ccc1CBr. The Hall–Kier alpha value is -1.49. The van der Waals surface area contributed by atoms with E-state index in [1.54, 1.807) is 12.1 Å². The topological polar surface area (TPSA) is 3.24 Å². The van der Waals surface area contributed by atoms with Crippen LogP contribution in [0.15, 0.2) is 42.5 Å². The quantitative estimate of drug-likeness (QED) is 0.675. The molecule has 0 radical (unpaired) electrons. The Morgan fingerprint density at radius 3 is 2.14 bits per heavy atom. The minimum absolute atomic E-state index is 0.197. The first kappa shape index (κ1) is 14.4. The van der Waals surface area contributed by atoms with Crippen molar-refractivity contribution >= 4 is 21.6 Å². The molecule has 0 aromatic heterocycles. The number of nitrogens with zero attached hydrogens (tertiary/aromatic N) is 1. The summed E-state index contributed by atoms with van der Waals surface area (Å²) < 4.78 is 39.4. The maximum atomic E-state index is 13.1. The van der Waals surface area contributed by atoms with E-state index in [1.807, 2.05) is 29.2 Å². The van der Waals surface area contributed by atoms with Crippen LogP contribution in [-0.4, -0.2) is 0 Å². The molecule has 1 heterocycles. The maximum absolute atomic E-state index is 13.1. The van der Waals surface area contributed by atoms with Crippen molar-refractivity contribution in [1.29, 1.82) is 0 Å². The summed E-state index contributed by atoms with van der Waals surface area (Å²) in [7, 11) is 0. The molecule has 0 atom stereocenters. The highest BCUT2D eigenvalue weighted by molar-refractivity contribution is 9.08. The minimum atomic E-state index is -4.33. The molecule has 0 amide bonds. The molecule has 0 unspecified atom stereocenters. The average molecular weight is 356 g/mol. The van der Waals surface area contributed by atoms with Crippen molar-refractivity contribution in [2.24, 2.45) is 0 Å². The number of hydrogen-bond donors (Lipinski definition) is 0. The van der Waals surface area contributed by atoms with Crippen molar-refractivity contribution in [3.8, 4) is 0 Å². The lowest BCUT2D eigenvalue weighted by atomic mass is 10.1. The normalized spacial score (nSPS) is 14.4. The number of benzene rings is 2. The summed E-state index contributed by atoms with van der Waals surface area (Å²) in [5, 5.41) is 0.197. The van der Waals surface area contributed by atoms with Crippen LogP contribution in [0.25, 0.3) is 0 Å². The second-order valence-electron chi connectivity index (χ2n) is 5.10. The third kappa shape index (κ3) is 2.79. The summed E-state index contributed by atoms with van der Waals surface area (Å²) >= 11 is 3.12. The average Bonchev–Trinajstić information content (AvgIpc) is 2.89. The number of fused-ring (bicyclic) bond motifs is 1. The van der Waals surface area contributed by atoms with Crippen molar-refractivity contribution < 1.29 is 13.2 Å². The van der Waals surface area contributed by atoms with Gasteiger partial charge in [-0.25, -0.2) is 0 Å². The predicted molar refractivity (Wildman–Crippen MR) is 80.4 cm³/mol. The lowest BCUT2D eigenvalue weighted by molar-refractivity contribution is -0.138. The van der Waals surface area contributed by atoms with Crippen molar-refractivity contribution in [2.75, 3.05) is 4.90 Å². The molecule has 1 nitrogen and oxygen atoms in total. The lowest BCUT2D eigenvalue weighted by Crippen LogP contribution is -2.16. The van der Waals surface area contributed by atoms with Crippen LogP contribution in [0.5, 0.6) is 0 Å². The second-order valence-corrected chi connectivity index (χ2v) is 5.66. The molecule has 0 fully saturated rings. The van der Waals surface area contributed by atoms with E-state index in [-0.39, 0.29) is 10.9 Å². The third-order valence-corrected chi connectivity index (χ3v) is 4.35. The van der Waals surface area contributed by atoms with E-state index in [0.717, 1.165) is 0 Å². The van der Waals surface area contributed by atoms with Crippen LogP contribution in [0, 0.1) is 0 Å². The zero-order valence-electron chi connectivity index (χ0n) is 11.1. The van der Waals surface area contributed by atoms with Gasteiger partial charge in [-0.15, -0.1) is 0 Å². The van der Waals surface area contributed by atoms with Crippen LogP contribution < -0.4 is 4.90 Å². The van der Waals surface area contributed by atoms with Gasteiger partial charge in [-0.05, 0) is 28.8 Å². The van der Waals surface area contributed by atoms with E-state index in [4.69, 9.17) is 0 Å². The van der Waals surface area contributed by atoms with Crippen molar-refractivity contribution in [3.63, 3.8) is 0 Å². The Morgan fingerprint density at radius 1 is 1.00 bits per heavy atom. The summed E-state index contributed by atoms with van der Waals surface area (Å²) in [6.45, 7) is 1.31. The summed E-state index contributed by atoms with van der Waals surface area (Å²) in [4.78, 5) is 1.97. The van der Waals surface area contributed by atoms with Gasteiger partial charge in [0.15, 0.2) is 0 Å². The van der Waals surface area contributed by atoms with Gasteiger partial charge in [0.05, 0.1) is 5.56 Å². The van der Waals surface area contributed by atoms with Crippen LogP contribution in [0.4, 0.5) is 18.9 Å². The molecular formula is C16H13BrF3N. The molecule has 1 aliphatic rings. The fraction of sp³-hybridized carbons (Fsp3) is 0.250. The molecule has 110 valence electrons. The van der Waals surface area contributed by atoms with Crippen molar-refractivity contribution in [1.82, 2.24) is 0 Å². The van der Waals surface area contributed by atoms with E-state index in [9.17, 15) is 13.2 Å². The highest BCUT2D eigenvalue weighted by Gasteiger charge is 2.34. The Labute approximate surface area is 129 Å². The standard InChI is InChI=1S/C16H13BrF3N/c17-8-11-5-6-14(7-15(11)16(18,19)20)21-9-12-3-1-2-4-13(12)10-21/h1-7H,8-10H2. The van der Waals surface area contributed by atoms with E-state index >= 15 is 0 Å². The molecule has 21 heavy (non-hydrogen) atoms. The van der Waals surface area contributed by atoms with E-state index in [0.29, 0.717) is 18.8 Å². The first-order valence-electron chi connectivity index (χ1n) is 6.57. The largest absolute Gasteiger partial charge is 0.416 e. The molecule has 0 bridgehead atoms. The molecule has 0 saturated carbocycles. The molecule has 2 aromatic carbocycles. The summed E-state index contributed by atoms with van der Waals surface area (Å²) in [5.41, 5.74) is 2.67. The minimum Gasteiger partial charge on any atom is -0.363 e. The van der Waals surface area contributed by atoms with Crippen LogP contribution in [0.2, 0.25) is 0 Å². The molecule has 0 spiro atoms. The lowest BCUT2D eigenvalue weighted by Gasteiger charge is -2.21. The Bertz CT molecular complexity index is 642. The number of alkyl halides is 4. The van der Waals surface area contributed by atoms with Crippen LogP contribution in [-0.2, 0) is 24.6 Å². The van der Waals surface area contributed by atoms with Gasteiger partial charge in [0, 0.05) is 24.1 Å². The van der Waals surface area contributed by atoms with Crippen molar-refractivity contribution in [2.45, 2.75) is 24.6 Å². The molecule has 1 aliphatic heterocycles. The monoisotopic (exact) mass is 355 g/mol. The molecule has 0 N–H and O–H groups in total. The van der Waals surface area contributed by atoms with Crippen LogP contribution >= 0.6 is 15.9 Å². The van der Waals surface area contributed by atoms with Gasteiger partial charge >= 0.3 is 6.18 Å². The highest BCUT2D eigenvalue weighted by atomic mass is 79.9. The Kier molecular flexibility index (Phi) is 3.69. The van der Waals surface area contributed by atoms with E-state index < -0.39 is 11.7 Å². The Balaban J connectivity index is 1.95. The van der Waals surface area contributed by atoms with E-state index in [1.165, 1.54) is 17.2 Å². The van der Waals surface area contributed by atoms with Gasteiger partial charge in [-0.3, -0.25) is 0 Å². The highest BCUT2D eigenvalue weighted by Crippen LogP contribution is 2.37. The van der Waals surface area contributed by atoms with Gasteiger partial charge in [0.1, 0.15) is 0 Å². The zero-order chi connectivity index (χ0) is 15.0. The molecule has 5 heteroatoms. The van der Waals surface area contributed by atoms with Crippen LogP contribution in [0.1, 0.15) is 22.3 Å². The summed E-state index contributed by atoms with van der Waals surface area (Å²) in [6, 6.07) is 12.5. The predicted octanol–water partition coefficient (Wildman–Crippen LogP) is 5.12. The molecule has 2 aromatic rings. The van der Waals surface area contributed by atoms with Gasteiger partial charge < -0.3 is 4.90 Å². The maximum Gasteiger partial charge on any atom is 0.416 e. The Morgan fingerprint density at radius 2 is 1.62 bits per heavy atom. The zero-order valence-corrected chi connectivity index (χ0v) is 12.7.